The van der Waals surface area contributed by atoms with Gasteiger partial charge in [-0.05, 0) is 59.1 Å². The molecular formula is C15H15BrN2O. The molecule has 2 aromatic carbocycles. The average Bonchev–Trinajstić information content (AvgIpc) is 2.39. The molecule has 19 heavy (non-hydrogen) atoms. The first-order chi connectivity index (χ1) is 9.00. The second-order valence-corrected chi connectivity index (χ2v) is 5.26. The highest BCUT2D eigenvalue weighted by Crippen LogP contribution is 2.27. The van der Waals surface area contributed by atoms with Crippen LogP contribution in [0.4, 0.5) is 11.4 Å². The van der Waals surface area contributed by atoms with Crippen molar-refractivity contribution in [2.75, 3.05) is 11.1 Å². The summed E-state index contributed by atoms with van der Waals surface area (Å²) < 4.78 is 0.761. The zero-order chi connectivity index (χ0) is 14.0. The Hall–Kier alpha value is -1.81. The number of nitrogens with one attached hydrogen (secondary N) is 1. The van der Waals surface area contributed by atoms with Crippen molar-refractivity contribution < 1.29 is 4.79 Å². The molecule has 0 aliphatic heterocycles. The van der Waals surface area contributed by atoms with Crippen LogP contribution in [0.2, 0.25) is 0 Å². The summed E-state index contributed by atoms with van der Waals surface area (Å²) in [4.78, 5) is 12.3. The van der Waals surface area contributed by atoms with Crippen LogP contribution in [0.15, 0.2) is 40.9 Å². The first kappa shape index (κ1) is 13.6. The summed E-state index contributed by atoms with van der Waals surface area (Å²) >= 11 is 3.37. The zero-order valence-corrected chi connectivity index (χ0v) is 12.4. The van der Waals surface area contributed by atoms with Gasteiger partial charge >= 0.3 is 0 Å². The average molecular weight is 319 g/mol. The Balaban J connectivity index is 2.35. The van der Waals surface area contributed by atoms with Gasteiger partial charge in [0.15, 0.2) is 0 Å². The molecule has 2 aromatic rings. The van der Waals surface area contributed by atoms with E-state index in [0.717, 1.165) is 15.6 Å². The number of aryl methyl sites for hydroxylation is 1. The van der Waals surface area contributed by atoms with Crippen molar-refractivity contribution in [1.82, 2.24) is 0 Å². The first-order valence-electron chi connectivity index (χ1n) is 5.92. The molecule has 1 amide bonds. The highest BCUT2D eigenvalue weighted by molar-refractivity contribution is 9.10. The summed E-state index contributed by atoms with van der Waals surface area (Å²) in [5.74, 6) is -0.173. The molecule has 0 aliphatic carbocycles. The fraction of sp³-hybridized carbons (Fsp3) is 0.133. The number of carbonyl (C=O) groups excluding carboxylic acids is 1. The largest absolute Gasteiger partial charge is 0.397 e. The molecule has 0 spiro atoms. The Labute approximate surface area is 121 Å². The normalized spacial score (nSPS) is 10.3. The van der Waals surface area contributed by atoms with Crippen LogP contribution in [0.25, 0.3) is 0 Å². The summed E-state index contributed by atoms with van der Waals surface area (Å²) in [5.41, 5.74) is 9.85. The standard InChI is InChI=1S/C15H15BrN2O/c1-9-7-8-13(17)14(10(9)2)18-15(19)11-5-3-4-6-12(11)16/h3-8H,17H2,1-2H3,(H,18,19). The Morgan fingerprint density at radius 3 is 2.53 bits per heavy atom. The maximum atomic E-state index is 12.3. The van der Waals surface area contributed by atoms with E-state index < -0.39 is 0 Å². The number of anilines is 2. The molecule has 0 fully saturated rings. The maximum absolute atomic E-state index is 12.3. The minimum absolute atomic E-state index is 0.173. The molecule has 0 saturated carbocycles. The van der Waals surface area contributed by atoms with Crippen LogP contribution in [0.5, 0.6) is 0 Å². The molecule has 0 radical (unpaired) electrons. The van der Waals surface area contributed by atoms with Crippen molar-refractivity contribution in [3.63, 3.8) is 0 Å². The Morgan fingerprint density at radius 1 is 1.16 bits per heavy atom. The predicted molar refractivity (Wildman–Crippen MR) is 82.4 cm³/mol. The first-order valence-corrected chi connectivity index (χ1v) is 6.71. The molecule has 98 valence electrons. The summed E-state index contributed by atoms with van der Waals surface area (Å²) in [6.07, 6.45) is 0. The van der Waals surface area contributed by atoms with E-state index in [1.54, 1.807) is 12.1 Å². The van der Waals surface area contributed by atoms with Crippen LogP contribution in [0, 0.1) is 13.8 Å². The Bertz CT molecular complexity index is 638. The summed E-state index contributed by atoms with van der Waals surface area (Å²) in [7, 11) is 0. The number of benzene rings is 2. The maximum Gasteiger partial charge on any atom is 0.256 e. The molecule has 2 rings (SSSR count). The highest BCUT2D eigenvalue weighted by Gasteiger charge is 2.13. The molecule has 0 bridgehead atoms. The monoisotopic (exact) mass is 318 g/mol. The van der Waals surface area contributed by atoms with Crippen LogP contribution < -0.4 is 11.1 Å². The smallest absolute Gasteiger partial charge is 0.256 e. The van der Waals surface area contributed by atoms with Crippen LogP contribution in [0.1, 0.15) is 21.5 Å². The van der Waals surface area contributed by atoms with Gasteiger partial charge in [0.05, 0.1) is 16.9 Å². The number of nitrogens with two attached hydrogens (primary N) is 1. The van der Waals surface area contributed by atoms with E-state index in [4.69, 9.17) is 5.73 Å². The van der Waals surface area contributed by atoms with Crippen molar-refractivity contribution in [1.29, 1.82) is 0 Å². The van der Waals surface area contributed by atoms with E-state index in [-0.39, 0.29) is 5.91 Å². The fourth-order valence-electron chi connectivity index (χ4n) is 1.83. The van der Waals surface area contributed by atoms with Crippen molar-refractivity contribution in [3.8, 4) is 0 Å². The van der Waals surface area contributed by atoms with Crippen molar-refractivity contribution in [2.45, 2.75) is 13.8 Å². The lowest BCUT2D eigenvalue weighted by Crippen LogP contribution is -2.15. The van der Waals surface area contributed by atoms with Gasteiger partial charge in [0.1, 0.15) is 0 Å². The molecule has 3 N–H and O–H groups in total. The van der Waals surface area contributed by atoms with Gasteiger partial charge in [-0.1, -0.05) is 18.2 Å². The molecule has 0 atom stereocenters. The summed E-state index contributed by atoms with van der Waals surface area (Å²) in [6, 6.07) is 11.0. The predicted octanol–water partition coefficient (Wildman–Crippen LogP) is 3.90. The Morgan fingerprint density at radius 2 is 1.84 bits per heavy atom. The molecule has 0 aromatic heterocycles. The van der Waals surface area contributed by atoms with Gasteiger partial charge in [0, 0.05) is 4.47 Å². The third-order valence-electron chi connectivity index (χ3n) is 3.13. The molecule has 0 unspecified atom stereocenters. The van der Waals surface area contributed by atoms with Gasteiger partial charge in [0.25, 0.3) is 5.91 Å². The summed E-state index contributed by atoms with van der Waals surface area (Å²) in [6.45, 7) is 3.93. The van der Waals surface area contributed by atoms with Gasteiger partial charge in [0.2, 0.25) is 0 Å². The van der Waals surface area contributed by atoms with Crippen molar-refractivity contribution in [3.05, 3.63) is 57.6 Å². The Kier molecular flexibility index (Phi) is 3.90. The molecule has 0 aliphatic rings. The van der Waals surface area contributed by atoms with E-state index in [1.165, 1.54) is 0 Å². The second-order valence-electron chi connectivity index (χ2n) is 4.41. The fourth-order valence-corrected chi connectivity index (χ4v) is 2.29. The van der Waals surface area contributed by atoms with Gasteiger partial charge in [-0.3, -0.25) is 4.79 Å². The van der Waals surface area contributed by atoms with E-state index in [2.05, 4.69) is 21.2 Å². The van der Waals surface area contributed by atoms with Crippen LogP contribution >= 0.6 is 15.9 Å². The van der Waals surface area contributed by atoms with E-state index in [1.807, 2.05) is 38.1 Å². The molecular weight excluding hydrogens is 304 g/mol. The van der Waals surface area contributed by atoms with Crippen LogP contribution in [-0.2, 0) is 0 Å². The van der Waals surface area contributed by atoms with E-state index >= 15 is 0 Å². The number of amides is 1. The third kappa shape index (κ3) is 2.79. The van der Waals surface area contributed by atoms with Crippen molar-refractivity contribution >= 4 is 33.2 Å². The quantitative estimate of drug-likeness (QED) is 0.825. The number of rotatable bonds is 2. The minimum Gasteiger partial charge on any atom is -0.397 e. The molecule has 0 heterocycles. The lowest BCUT2D eigenvalue weighted by molar-refractivity contribution is 0.102. The zero-order valence-electron chi connectivity index (χ0n) is 10.8. The number of hydrogen-bond donors (Lipinski definition) is 2. The lowest BCUT2D eigenvalue weighted by Gasteiger charge is -2.13. The van der Waals surface area contributed by atoms with Gasteiger partial charge in [-0.15, -0.1) is 0 Å². The third-order valence-corrected chi connectivity index (χ3v) is 3.82. The van der Waals surface area contributed by atoms with Crippen LogP contribution in [0.3, 0.4) is 0 Å². The molecule has 3 nitrogen and oxygen atoms in total. The van der Waals surface area contributed by atoms with Gasteiger partial charge < -0.3 is 11.1 Å². The SMILES string of the molecule is Cc1ccc(N)c(NC(=O)c2ccccc2Br)c1C. The second kappa shape index (κ2) is 5.45. The van der Waals surface area contributed by atoms with Crippen molar-refractivity contribution in [2.24, 2.45) is 0 Å². The number of carbonyl (C=O) groups is 1. The van der Waals surface area contributed by atoms with Gasteiger partial charge in [-0.25, -0.2) is 0 Å². The number of hydrogen-bond acceptors (Lipinski definition) is 2. The number of halogens is 1. The lowest BCUT2D eigenvalue weighted by atomic mass is 10.1. The highest BCUT2D eigenvalue weighted by atomic mass is 79.9. The topological polar surface area (TPSA) is 55.1 Å². The van der Waals surface area contributed by atoms with E-state index in [0.29, 0.717) is 16.9 Å². The summed E-state index contributed by atoms with van der Waals surface area (Å²) in [5, 5.41) is 2.88. The number of nitrogen functional groups attached to an aromatic ring is 1. The minimum atomic E-state index is -0.173. The van der Waals surface area contributed by atoms with Gasteiger partial charge in [-0.2, -0.15) is 0 Å². The molecule has 4 heteroatoms. The van der Waals surface area contributed by atoms with E-state index in [9.17, 15) is 4.79 Å². The molecule has 0 saturated heterocycles. The van der Waals surface area contributed by atoms with Crippen LogP contribution in [-0.4, -0.2) is 5.91 Å².